The molecule has 0 unspecified atom stereocenters. The number of benzene rings is 2. The number of nitrogens with zero attached hydrogens (tertiary/aromatic N) is 3. The number of ether oxygens (including phenoxy) is 2. The van der Waals surface area contributed by atoms with Gasteiger partial charge in [-0.1, -0.05) is 22.9 Å². The van der Waals surface area contributed by atoms with E-state index in [2.05, 4.69) is 15.5 Å². The largest absolute Gasteiger partial charge is 0.454 e. The number of carbonyl (C=O) groups excluding carboxylic acids is 1. The average Bonchev–Trinajstić information content (AvgIpc) is 3.49. The molecular formula is C21H19ClN4O5S2. The van der Waals surface area contributed by atoms with Gasteiger partial charge >= 0.3 is 0 Å². The molecule has 1 amide bonds. The Balaban J connectivity index is 1.28. The first-order valence-corrected chi connectivity index (χ1v) is 12.8. The fourth-order valence-electron chi connectivity index (χ4n) is 3.77. The minimum absolute atomic E-state index is 0.134. The van der Waals surface area contributed by atoms with Crippen molar-refractivity contribution in [2.24, 2.45) is 0 Å². The zero-order chi connectivity index (χ0) is 23.0. The smallest absolute Gasteiger partial charge is 0.286 e. The normalized spacial score (nSPS) is 18.3. The second-order valence-electron chi connectivity index (χ2n) is 7.62. The SMILES string of the molecule is O=C(Nc1ccc2c(c1)OCO2)c1nnc([C@@H]2CCCN(S(=O)(=O)c3ccc(Cl)cc3)C2)s1. The third-order valence-corrected chi connectivity index (χ3v) is 8.67. The lowest BCUT2D eigenvalue weighted by Gasteiger charge is -2.30. The van der Waals surface area contributed by atoms with Gasteiger partial charge in [0.15, 0.2) is 11.5 Å². The third kappa shape index (κ3) is 4.54. The van der Waals surface area contributed by atoms with E-state index in [9.17, 15) is 13.2 Å². The van der Waals surface area contributed by atoms with Crippen LogP contribution in [0.4, 0.5) is 5.69 Å². The Labute approximate surface area is 199 Å². The van der Waals surface area contributed by atoms with Gasteiger partial charge in [-0.25, -0.2) is 8.42 Å². The Bertz CT molecular complexity index is 1300. The van der Waals surface area contributed by atoms with Gasteiger partial charge in [0, 0.05) is 35.8 Å². The molecule has 33 heavy (non-hydrogen) atoms. The number of nitrogens with one attached hydrogen (secondary N) is 1. The molecule has 0 spiro atoms. The average molecular weight is 507 g/mol. The number of carbonyl (C=O) groups is 1. The van der Waals surface area contributed by atoms with Gasteiger partial charge in [0.05, 0.1) is 4.90 Å². The first kappa shape index (κ1) is 22.1. The number of amides is 1. The lowest BCUT2D eigenvalue weighted by atomic mass is 10.0. The molecule has 3 heterocycles. The molecule has 2 aliphatic heterocycles. The van der Waals surface area contributed by atoms with Crippen LogP contribution in [0.25, 0.3) is 0 Å². The second kappa shape index (κ2) is 8.90. The van der Waals surface area contributed by atoms with E-state index >= 15 is 0 Å². The molecule has 5 rings (SSSR count). The van der Waals surface area contributed by atoms with Crippen molar-refractivity contribution in [3.05, 3.63) is 57.5 Å². The lowest BCUT2D eigenvalue weighted by Crippen LogP contribution is -2.39. The Morgan fingerprint density at radius 2 is 1.91 bits per heavy atom. The summed E-state index contributed by atoms with van der Waals surface area (Å²) in [7, 11) is -3.65. The van der Waals surface area contributed by atoms with Crippen LogP contribution in [0.15, 0.2) is 47.4 Å². The predicted octanol–water partition coefficient (Wildman–Crippen LogP) is 3.74. The first-order valence-electron chi connectivity index (χ1n) is 10.2. The van der Waals surface area contributed by atoms with Crippen LogP contribution in [-0.4, -0.2) is 48.7 Å². The number of halogens is 1. The number of piperidine rings is 1. The van der Waals surface area contributed by atoms with Gasteiger partial charge in [-0.05, 0) is 49.2 Å². The van der Waals surface area contributed by atoms with E-state index in [0.29, 0.717) is 40.2 Å². The molecule has 3 aromatic rings. The molecule has 9 nitrogen and oxygen atoms in total. The maximum absolute atomic E-state index is 13.0. The molecule has 0 bridgehead atoms. The highest BCUT2D eigenvalue weighted by Gasteiger charge is 2.33. The minimum atomic E-state index is -3.65. The Morgan fingerprint density at radius 3 is 2.73 bits per heavy atom. The molecular weight excluding hydrogens is 488 g/mol. The summed E-state index contributed by atoms with van der Waals surface area (Å²) in [6, 6.07) is 11.3. The van der Waals surface area contributed by atoms with E-state index in [1.54, 1.807) is 30.3 Å². The summed E-state index contributed by atoms with van der Waals surface area (Å²) in [5, 5.41) is 12.3. The fourth-order valence-corrected chi connectivity index (χ4v) is 6.28. The first-order chi connectivity index (χ1) is 15.9. The molecule has 0 radical (unpaired) electrons. The van der Waals surface area contributed by atoms with Gasteiger partial charge in [0.1, 0.15) is 5.01 Å². The number of hydrogen-bond donors (Lipinski definition) is 1. The topological polar surface area (TPSA) is 111 Å². The van der Waals surface area contributed by atoms with Crippen LogP contribution in [0.1, 0.15) is 33.6 Å². The summed E-state index contributed by atoms with van der Waals surface area (Å²) < 4.78 is 38.1. The highest BCUT2D eigenvalue weighted by Crippen LogP contribution is 2.35. The van der Waals surface area contributed by atoms with Gasteiger partial charge in [-0.15, -0.1) is 10.2 Å². The van der Waals surface area contributed by atoms with Crippen molar-refractivity contribution in [2.45, 2.75) is 23.7 Å². The summed E-state index contributed by atoms with van der Waals surface area (Å²) in [6.07, 6.45) is 1.46. The van der Waals surface area contributed by atoms with Crippen molar-refractivity contribution < 1.29 is 22.7 Å². The van der Waals surface area contributed by atoms with Crippen molar-refractivity contribution in [2.75, 3.05) is 25.2 Å². The quantitative estimate of drug-likeness (QED) is 0.561. The van der Waals surface area contributed by atoms with E-state index < -0.39 is 10.0 Å². The molecule has 2 aliphatic rings. The van der Waals surface area contributed by atoms with Crippen LogP contribution in [-0.2, 0) is 10.0 Å². The maximum Gasteiger partial charge on any atom is 0.286 e. The molecule has 0 aliphatic carbocycles. The Hall–Kier alpha value is -2.73. The van der Waals surface area contributed by atoms with Gasteiger partial charge in [-0.3, -0.25) is 4.79 Å². The predicted molar refractivity (Wildman–Crippen MR) is 123 cm³/mol. The molecule has 1 saturated heterocycles. The zero-order valence-electron chi connectivity index (χ0n) is 17.2. The number of hydrogen-bond acceptors (Lipinski definition) is 8. The molecule has 1 fully saturated rings. The lowest BCUT2D eigenvalue weighted by molar-refractivity contribution is 0.102. The number of sulfonamides is 1. The van der Waals surface area contributed by atoms with Crippen molar-refractivity contribution in [3.63, 3.8) is 0 Å². The number of fused-ring (bicyclic) bond motifs is 1. The zero-order valence-corrected chi connectivity index (χ0v) is 19.6. The monoisotopic (exact) mass is 506 g/mol. The summed E-state index contributed by atoms with van der Waals surface area (Å²) in [4.78, 5) is 12.9. The second-order valence-corrected chi connectivity index (χ2v) is 11.0. The highest BCUT2D eigenvalue weighted by molar-refractivity contribution is 7.89. The van der Waals surface area contributed by atoms with Gasteiger partial charge < -0.3 is 14.8 Å². The molecule has 1 atom stereocenters. The van der Waals surface area contributed by atoms with E-state index in [1.165, 1.54) is 27.8 Å². The van der Waals surface area contributed by atoms with Crippen molar-refractivity contribution in [1.82, 2.24) is 14.5 Å². The van der Waals surface area contributed by atoms with E-state index in [4.69, 9.17) is 21.1 Å². The van der Waals surface area contributed by atoms with Crippen LogP contribution in [0.3, 0.4) is 0 Å². The molecule has 1 aromatic heterocycles. The van der Waals surface area contributed by atoms with E-state index in [1.807, 2.05) is 0 Å². The van der Waals surface area contributed by atoms with Gasteiger partial charge in [-0.2, -0.15) is 4.31 Å². The summed E-state index contributed by atoms with van der Waals surface area (Å²) in [5.41, 5.74) is 0.555. The van der Waals surface area contributed by atoms with E-state index in [0.717, 1.165) is 6.42 Å². The van der Waals surface area contributed by atoms with Gasteiger partial charge in [0.2, 0.25) is 21.8 Å². The Morgan fingerprint density at radius 1 is 1.12 bits per heavy atom. The van der Waals surface area contributed by atoms with Crippen LogP contribution in [0.2, 0.25) is 5.02 Å². The van der Waals surface area contributed by atoms with Crippen LogP contribution in [0.5, 0.6) is 11.5 Å². The standard InChI is InChI=1S/C21H19ClN4O5S2/c22-14-3-6-16(7-4-14)33(28,29)26-9-1-2-13(11-26)20-24-25-21(32-20)19(27)23-15-5-8-17-18(10-15)31-12-30-17/h3-8,10,13H,1-2,9,11-12H2,(H,23,27)/t13-/m1/s1. The van der Waals surface area contributed by atoms with E-state index in [-0.39, 0.29) is 35.1 Å². The Kier molecular flexibility index (Phi) is 5.95. The number of aromatic nitrogens is 2. The highest BCUT2D eigenvalue weighted by atomic mass is 35.5. The molecule has 1 N–H and O–H groups in total. The van der Waals surface area contributed by atoms with Crippen LogP contribution < -0.4 is 14.8 Å². The molecule has 0 saturated carbocycles. The van der Waals surface area contributed by atoms with Crippen molar-refractivity contribution in [1.29, 1.82) is 0 Å². The van der Waals surface area contributed by atoms with Crippen LogP contribution >= 0.6 is 22.9 Å². The van der Waals surface area contributed by atoms with Crippen molar-refractivity contribution in [3.8, 4) is 11.5 Å². The number of rotatable bonds is 5. The van der Waals surface area contributed by atoms with Gasteiger partial charge in [0.25, 0.3) is 5.91 Å². The van der Waals surface area contributed by atoms with Crippen LogP contribution in [0, 0.1) is 0 Å². The molecule has 2 aromatic carbocycles. The number of anilines is 1. The summed E-state index contributed by atoms with van der Waals surface area (Å²) >= 11 is 7.06. The summed E-state index contributed by atoms with van der Waals surface area (Å²) in [5.74, 6) is 0.668. The molecule has 172 valence electrons. The third-order valence-electron chi connectivity index (χ3n) is 5.45. The maximum atomic E-state index is 13.0. The minimum Gasteiger partial charge on any atom is -0.454 e. The fraction of sp³-hybridized carbons (Fsp3) is 0.286. The summed E-state index contributed by atoms with van der Waals surface area (Å²) in [6.45, 7) is 0.861. The molecule has 12 heteroatoms. The van der Waals surface area contributed by atoms with Crippen molar-refractivity contribution >= 4 is 44.6 Å².